The highest BCUT2D eigenvalue weighted by atomic mass is 16.3. The summed E-state index contributed by atoms with van der Waals surface area (Å²) >= 11 is 0. The number of aromatic nitrogens is 3. The Morgan fingerprint density at radius 3 is 2.86 bits per heavy atom. The number of hydrogen-bond donors (Lipinski definition) is 4. The third-order valence-electron chi connectivity index (χ3n) is 6.78. The molecular weight excluding hydrogens is 444 g/mol. The minimum atomic E-state index is -0.780. The minimum Gasteiger partial charge on any atom is -0.506 e. The van der Waals surface area contributed by atoms with Crippen LogP contribution in [0.5, 0.6) is 5.75 Å². The molecule has 1 atom stereocenters. The summed E-state index contributed by atoms with van der Waals surface area (Å²) in [6, 6.07) is 11.5. The van der Waals surface area contributed by atoms with E-state index in [0.717, 1.165) is 36.1 Å². The van der Waals surface area contributed by atoms with E-state index < -0.39 is 6.10 Å². The molecule has 2 aromatic carbocycles. The quantitative estimate of drug-likeness (QED) is 0.233. The van der Waals surface area contributed by atoms with E-state index in [1.807, 2.05) is 10.7 Å². The third kappa shape index (κ3) is 6.56. The van der Waals surface area contributed by atoms with Crippen LogP contribution in [-0.4, -0.2) is 62.7 Å². The number of benzene rings is 2. The number of phenolic OH excluding ortho intramolecular Hbond substituents is 1. The summed E-state index contributed by atoms with van der Waals surface area (Å²) in [5.74, 6) is -0.0441. The van der Waals surface area contributed by atoms with E-state index in [1.165, 1.54) is 31.7 Å². The van der Waals surface area contributed by atoms with Gasteiger partial charge in [-0.15, -0.1) is 5.10 Å². The second-order valence-electron chi connectivity index (χ2n) is 9.25. The number of amides is 1. The predicted molar refractivity (Wildman–Crippen MR) is 136 cm³/mol. The van der Waals surface area contributed by atoms with Crippen LogP contribution in [0, 0.1) is 6.42 Å². The number of aliphatic hydroxyl groups excluding tert-OH is 1. The van der Waals surface area contributed by atoms with Crippen molar-refractivity contribution in [3.05, 3.63) is 53.9 Å². The molecule has 0 aliphatic heterocycles. The molecule has 1 saturated carbocycles. The highest BCUT2D eigenvalue weighted by Crippen LogP contribution is 2.26. The van der Waals surface area contributed by atoms with Gasteiger partial charge in [0.25, 0.3) is 0 Å². The van der Waals surface area contributed by atoms with Crippen LogP contribution in [0.1, 0.15) is 49.3 Å². The molecular formula is C26H35N6O3. The summed E-state index contributed by atoms with van der Waals surface area (Å²) in [6.45, 7) is 2.80. The molecule has 1 radical (unpaired) electrons. The molecule has 1 fully saturated rings. The first-order valence-corrected chi connectivity index (χ1v) is 12.3. The Morgan fingerprint density at radius 1 is 1.23 bits per heavy atom. The Kier molecular flexibility index (Phi) is 8.68. The van der Waals surface area contributed by atoms with Crippen LogP contribution in [0.4, 0.5) is 5.69 Å². The summed E-state index contributed by atoms with van der Waals surface area (Å²) in [4.78, 5) is 13.1. The van der Waals surface area contributed by atoms with Crippen LogP contribution in [0.3, 0.4) is 0 Å². The lowest BCUT2D eigenvalue weighted by Gasteiger charge is -2.31. The highest BCUT2D eigenvalue weighted by molar-refractivity contribution is 5.76. The van der Waals surface area contributed by atoms with Crippen molar-refractivity contribution in [2.75, 3.05) is 25.5 Å². The van der Waals surface area contributed by atoms with E-state index in [1.54, 1.807) is 12.1 Å². The number of aryl methyl sites for hydroxylation is 1. The molecule has 9 heteroatoms. The summed E-state index contributed by atoms with van der Waals surface area (Å²) in [5, 5.41) is 34.6. The van der Waals surface area contributed by atoms with Crippen molar-refractivity contribution in [2.24, 2.45) is 0 Å². The fourth-order valence-corrected chi connectivity index (χ4v) is 4.71. The van der Waals surface area contributed by atoms with Crippen LogP contribution < -0.4 is 10.6 Å². The van der Waals surface area contributed by atoms with Crippen LogP contribution in [0.25, 0.3) is 11.0 Å². The van der Waals surface area contributed by atoms with Crippen LogP contribution >= 0.6 is 0 Å². The van der Waals surface area contributed by atoms with Gasteiger partial charge in [-0.1, -0.05) is 17.3 Å². The van der Waals surface area contributed by atoms with Gasteiger partial charge in [0, 0.05) is 25.7 Å². The lowest BCUT2D eigenvalue weighted by atomic mass is 9.94. The molecule has 0 unspecified atom stereocenters. The molecule has 35 heavy (non-hydrogen) atoms. The number of fused-ring (bicyclic) bond motifs is 1. The summed E-state index contributed by atoms with van der Waals surface area (Å²) in [6.07, 6.45) is 8.15. The van der Waals surface area contributed by atoms with Crippen molar-refractivity contribution in [3.63, 3.8) is 0 Å². The van der Waals surface area contributed by atoms with E-state index in [9.17, 15) is 15.0 Å². The van der Waals surface area contributed by atoms with E-state index in [2.05, 4.69) is 51.4 Å². The van der Waals surface area contributed by atoms with Gasteiger partial charge >= 0.3 is 0 Å². The largest absolute Gasteiger partial charge is 0.506 e. The molecule has 4 N–H and O–H groups in total. The molecule has 1 heterocycles. The molecule has 1 amide bonds. The zero-order valence-electron chi connectivity index (χ0n) is 20.2. The van der Waals surface area contributed by atoms with Gasteiger partial charge in [0.05, 0.1) is 17.3 Å². The molecule has 1 aliphatic carbocycles. The van der Waals surface area contributed by atoms with Crippen LogP contribution in [0.2, 0.25) is 0 Å². The fourth-order valence-electron chi connectivity index (χ4n) is 4.71. The molecule has 4 rings (SSSR count). The smallest absolute Gasteiger partial charge is 0.211 e. The number of aliphatic hydroxyl groups is 1. The number of anilines is 1. The average molecular weight is 480 g/mol. The lowest BCUT2D eigenvalue weighted by molar-refractivity contribution is -0.105. The number of carbonyl (C=O) groups excluding carboxylic acids is 1. The van der Waals surface area contributed by atoms with Gasteiger partial charge in [-0.05, 0) is 87.5 Å². The highest BCUT2D eigenvalue weighted by Gasteiger charge is 2.17. The molecule has 187 valence electrons. The first-order valence-electron chi connectivity index (χ1n) is 12.3. The Bertz CT molecular complexity index is 1110. The van der Waals surface area contributed by atoms with Crippen molar-refractivity contribution in [3.8, 4) is 5.75 Å². The van der Waals surface area contributed by atoms with Gasteiger partial charge in [0.1, 0.15) is 11.3 Å². The van der Waals surface area contributed by atoms with Gasteiger partial charge in [0.15, 0.2) is 0 Å². The molecule has 0 spiro atoms. The number of nitrogens with zero attached hydrogens (tertiary/aromatic N) is 4. The van der Waals surface area contributed by atoms with Crippen molar-refractivity contribution < 1.29 is 15.0 Å². The maximum atomic E-state index is 10.7. The van der Waals surface area contributed by atoms with Gasteiger partial charge in [-0.2, -0.15) is 0 Å². The van der Waals surface area contributed by atoms with E-state index >= 15 is 0 Å². The van der Waals surface area contributed by atoms with E-state index in [-0.39, 0.29) is 11.4 Å². The molecule has 1 aromatic heterocycles. The van der Waals surface area contributed by atoms with Gasteiger partial charge in [-0.3, -0.25) is 4.79 Å². The predicted octanol–water partition coefficient (Wildman–Crippen LogP) is 3.00. The van der Waals surface area contributed by atoms with Crippen LogP contribution in [0.15, 0.2) is 36.4 Å². The van der Waals surface area contributed by atoms with Gasteiger partial charge in [-0.25, -0.2) is 4.68 Å². The Labute approximate surface area is 206 Å². The first kappa shape index (κ1) is 25.1. The van der Waals surface area contributed by atoms with Gasteiger partial charge in [0.2, 0.25) is 6.41 Å². The normalized spacial score (nSPS) is 15.5. The average Bonchev–Trinajstić information content (AvgIpc) is 3.28. The molecule has 3 aromatic rings. The summed E-state index contributed by atoms with van der Waals surface area (Å²) < 4.78 is 1.98. The zero-order chi connectivity index (χ0) is 24.6. The number of nitrogens with one attached hydrogen (secondary N) is 2. The third-order valence-corrected chi connectivity index (χ3v) is 6.78. The molecule has 1 aliphatic rings. The van der Waals surface area contributed by atoms with Crippen molar-refractivity contribution in [1.82, 2.24) is 25.2 Å². The second-order valence-corrected chi connectivity index (χ2v) is 9.25. The Hall–Kier alpha value is -3.01. The standard InChI is InChI=1S/C26H35N6O3/c1-31(21-6-3-2-4-7-21)12-5-13-32-24-10-8-19(14-22(24)29-30-32)16-27-17-26(35)20-9-11-25(34)23(15-20)28-18-33/h2,8-11,14-15,18,21,26-27,34-35H,3-7,12-13,16-17H2,1H3,(H,28,33)/t26-/m0/s1. The number of hydrogen-bond acceptors (Lipinski definition) is 7. The topological polar surface area (TPSA) is 116 Å². The Morgan fingerprint density at radius 2 is 2.06 bits per heavy atom. The fraction of sp³-hybridized carbons (Fsp3) is 0.462. The summed E-state index contributed by atoms with van der Waals surface area (Å²) in [5.41, 5.74) is 3.82. The van der Waals surface area contributed by atoms with E-state index in [0.29, 0.717) is 31.1 Å². The van der Waals surface area contributed by atoms with Crippen molar-refractivity contribution in [1.29, 1.82) is 0 Å². The molecule has 9 nitrogen and oxygen atoms in total. The molecule has 0 saturated heterocycles. The first-order chi connectivity index (χ1) is 17.0. The zero-order valence-corrected chi connectivity index (χ0v) is 20.2. The number of carbonyl (C=O) groups is 1. The minimum absolute atomic E-state index is 0.0441. The SMILES string of the molecule is CN(CCCn1nnc2cc(CNC[C@H](O)c3ccc(O)c(NC=O)c3)ccc21)C1CC[CH]CC1. The van der Waals surface area contributed by atoms with Crippen molar-refractivity contribution in [2.45, 2.75) is 57.3 Å². The maximum Gasteiger partial charge on any atom is 0.211 e. The lowest BCUT2D eigenvalue weighted by Crippen LogP contribution is -2.34. The number of phenols is 1. The van der Waals surface area contributed by atoms with E-state index in [4.69, 9.17) is 0 Å². The van der Waals surface area contributed by atoms with Gasteiger partial charge < -0.3 is 25.7 Å². The second kappa shape index (κ2) is 12.1. The monoisotopic (exact) mass is 479 g/mol. The number of rotatable bonds is 12. The maximum absolute atomic E-state index is 10.7. The van der Waals surface area contributed by atoms with Crippen LogP contribution in [-0.2, 0) is 17.9 Å². The summed E-state index contributed by atoms with van der Waals surface area (Å²) in [7, 11) is 2.23. The Balaban J connectivity index is 1.26. The molecule has 0 bridgehead atoms. The van der Waals surface area contributed by atoms with Crippen molar-refractivity contribution >= 4 is 23.1 Å². The number of aromatic hydroxyl groups is 1.